The smallest absolute Gasteiger partial charge is 0.266 e. The van der Waals surface area contributed by atoms with E-state index in [1.54, 1.807) is 41.7 Å². The Morgan fingerprint density at radius 3 is 2.75 bits per heavy atom. The van der Waals surface area contributed by atoms with Gasteiger partial charge >= 0.3 is 0 Å². The van der Waals surface area contributed by atoms with Crippen LogP contribution in [0.15, 0.2) is 69.9 Å². The van der Waals surface area contributed by atoms with Crippen molar-refractivity contribution in [3.05, 3.63) is 86.6 Å². The van der Waals surface area contributed by atoms with Gasteiger partial charge in [0.05, 0.1) is 21.8 Å². The molecule has 5 nitrogen and oxygen atoms in total. The highest BCUT2D eigenvalue weighted by Crippen LogP contribution is 2.29. The molecule has 2 aromatic carbocycles. The molecule has 0 radical (unpaired) electrons. The van der Waals surface area contributed by atoms with Crippen LogP contribution in [0.4, 0.5) is 4.39 Å². The number of hydrogen-bond donors (Lipinski definition) is 0. The zero-order valence-corrected chi connectivity index (χ0v) is 19.0. The zero-order chi connectivity index (χ0) is 22.2. The number of thioether (sulfide) groups is 1. The minimum Gasteiger partial charge on any atom is -0.337 e. The number of thiophene rings is 1. The molecule has 1 aliphatic heterocycles. The minimum absolute atomic E-state index is 0.0138. The molecular weight excluding hydrogens is 445 g/mol. The predicted octanol–water partition coefficient (Wildman–Crippen LogP) is 4.65. The van der Waals surface area contributed by atoms with Crippen LogP contribution in [0.5, 0.6) is 0 Å². The Bertz CT molecular complexity index is 1360. The molecule has 162 valence electrons. The van der Waals surface area contributed by atoms with Crippen LogP contribution in [0.3, 0.4) is 0 Å². The van der Waals surface area contributed by atoms with E-state index in [9.17, 15) is 14.0 Å². The second-order valence-corrected chi connectivity index (χ2v) is 9.98. The summed E-state index contributed by atoms with van der Waals surface area (Å²) in [5, 5.41) is 2.52. The lowest BCUT2D eigenvalue weighted by Gasteiger charge is -2.29. The first-order valence-electron chi connectivity index (χ1n) is 10.3. The molecule has 0 fully saturated rings. The number of aromatic nitrogens is 2. The monoisotopic (exact) mass is 465 g/mol. The van der Waals surface area contributed by atoms with Crippen LogP contribution in [0.25, 0.3) is 16.6 Å². The van der Waals surface area contributed by atoms with E-state index in [4.69, 9.17) is 4.98 Å². The Morgan fingerprint density at radius 2 is 1.94 bits per heavy atom. The Balaban J connectivity index is 1.50. The lowest BCUT2D eigenvalue weighted by molar-refractivity contribution is -0.131. The van der Waals surface area contributed by atoms with Crippen molar-refractivity contribution in [3.8, 4) is 5.69 Å². The number of rotatable bonds is 4. The maximum absolute atomic E-state index is 13.5. The van der Waals surface area contributed by atoms with Crippen molar-refractivity contribution >= 4 is 39.9 Å². The highest BCUT2D eigenvalue weighted by Gasteiger charge is 2.27. The number of para-hydroxylation sites is 1. The van der Waals surface area contributed by atoms with E-state index in [0.29, 0.717) is 34.8 Å². The number of carbonyl (C=O) groups is 1. The molecule has 1 unspecified atom stereocenters. The fourth-order valence-electron chi connectivity index (χ4n) is 3.91. The van der Waals surface area contributed by atoms with Crippen LogP contribution in [0.2, 0.25) is 0 Å². The van der Waals surface area contributed by atoms with Crippen molar-refractivity contribution in [2.75, 3.05) is 6.54 Å². The second kappa shape index (κ2) is 8.52. The first kappa shape index (κ1) is 20.9. The van der Waals surface area contributed by atoms with Gasteiger partial charge in [0.2, 0.25) is 5.91 Å². The third-order valence-corrected chi connectivity index (χ3v) is 7.64. The van der Waals surface area contributed by atoms with E-state index in [0.717, 1.165) is 6.42 Å². The van der Waals surface area contributed by atoms with Crippen LogP contribution in [-0.2, 0) is 17.8 Å². The van der Waals surface area contributed by atoms with Crippen molar-refractivity contribution < 1.29 is 9.18 Å². The number of halogens is 1. The molecule has 8 heteroatoms. The molecule has 0 aliphatic carbocycles. The number of carbonyl (C=O) groups excluding carboxylic acids is 1. The van der Waals surface area contributed by atoms with Gasteiger partial charge in [-0.2, -0.15) is 0 Å². The lowest BCUT2D eigenvalue weighted by atomic mass is 10.1. The third kappa shape index (κ3) is 3.84. The summed E-state index contributed by atoms with van der Waals surface area (Å²) in [5.74, 6) is -0.369. The SMILES string of the molecule is CC(Sc1nc2ccccc2c(=O)n1-c1ccc(F)cc1)C(=O)N1CCc2sccc2C1. The summed E-state index contributed by atoms with van der Waals surface area (Å²) < 4.78 is 15.0. The van der Waals surface area contributed by atoms with E-state index in [-0.39, 0.29) is 17.3 Å². The van der Waals surface area contributed by atoms with Gasteiger partial charge in [0, 0.05) is 18.0 Å². The fraction of sp³-hybridized carbons (Fsp3) is 0.208. The van der Waals surface area contributed by atoms with Crippen LogP contribution in [-0.4, -0.2) is 32.2 Å². The molecule has 0 spiro atoms. The Labute approximate surface area is 192 Å². The topological polar surface area (TPSA) is 55.2 Å². The number of fused-ring (bicyclic) bond motifs is 2. The Hall–Kier alpha value is -2.97. The molecule has 0 bridgehead atoms. The van der Waals surface area contributed by atoms with Gasteiger partial charge in [-0.25, -0.2) is 9.37 Å². The van der Waals surface area contributed by atoms with Gasteiger partial charge < -0.3 is 4.90 Å². The molecule has 3 heterocycles. The number of amides is 1. The maximum atomic E-state index is 13.5. The van der Waals surface area contributed by atoms with Crippen LogP contribution < -0.4 is 5.56 Å². The van der Waals surface area contributed by atoms with Gasteiger partial charge in [-0.3, -0.25) is 14.2 Å². The van der Waals surface area contributed by atoms with Crippen molar-refractivity contribution in [1.82, 2.24) is 14.5 Å². The van der Waals surface area contributed by atoms with Crippen molar-refractivity contribution in [1.29, 1.82) is 0 Å². The first-order chi connectivity index (χ1) is 15.5. The molecule has 4 aromatic rings. The summed E-state index contributed by atoms with van der Waals surface area (Å²) in [4.78, 5) is 34.4. The van der Waals surface area contributed by atoms with Crippen molar-refractivity contribution in [2.24, 2.45) is 0 Å². The van der Waals surface area contributed by atoms with Gasteiger partial charge in [0.25, 0.3) is 5.56 Å². The Morgan fingerprint density at radius 1 is 1.16 bits per heavy atom. The van der Waals surface area contributed by atoms with Gasteiger partial charge in [-0.05, 0) is 66.8 Å². The predicted molar refractivity (Wildman–Crippen MR) is 126 cm³/mol. The molecule has 0 saturated carbocycles. The highest BCUT2D eigenvalue weighted by atomic mass is 32.2. The van der Waals surface area contributed by atoms with E-state index >= 15 is 0 Å². The maximum Gasteiger partial charge on any atom is 0.266 e. The van der Waals surface area contributed by atoms with E-state index in [2.05, 4.69) is 11.4 Å². The van der Waals surface area contributed by atoms with Gasteiger partial charge in [-0.1, -0.05) is 23.9 Å². The summed E-state index contributed by atoms with van der Waals surface area (Å²) in [6, 6.07) is 14.9. The van der Waals surface area contributed by atoms with Crippen LogP contribution in [0, 0.1) is 5.82 Å². The number of benzene rings is 2. The van der Waals surface area contributed by atoms with Gasteiger partial charge in [0.1, 0.15) is 5.82 Å². The number of hydrogen-bond acceptors (Lipinski definition) is 5. The Kier molecular flexibility index (Phi) is 5.57. The quantitative estimate of drug-likeness (QED) is 0.325. The first-order valence-corrected chi connectivity index (χ1v) is 12.1. The molecule has 32 heavy (non-hydrogen) atoms. The van der Waals surface area contributed by atoms with Crippen LogP contribution in [0.1, 0.15) is 17.4 Å². The molecule has 0 saturated heterocycles. The molecule has 1 atom stereocenters. The molecular formula is C24H20FN3O2S2. The van der Waals surface area contributed by atoms with Crippen LogP contribution >= 0.6 is 23.1 Å². The fourth-order valence-corrected chi connectivity index (χ4v) is 5.81. The summed E-state index contributed by atoms with van der Waals surface area (Å²) in [6.07, 6.45) is 0.866. The zero-order valence-electron chi connectivity index (χ0n) is 17.3. The normalized spacial score (nSPS) is 14.4. The van der Waals surface area contributed by atoms with Gasteiger partial charge in [0.15, 0.2) is 5.16 Å². The average Bonchev–Trinajstić information content (AvgIpc) is 3.28. The average molecular weight is 466 g/mol. The molecule has 1 amide bonds. The van der Waals surface area contributed by atoms with E-state index < -0.39 is 5.25 Å². The molecule has 2 aromatic heterocycles. The summed E-state index contributed by atoms with van der Waals surface area (Å²) in [6.45, 7) is 3.14. The molecule has 5 rings (SSSR count). The summed E-state index contributed by atoms with van der Waals surface area (Å²) >= 11 is 2.99. The molecule has 0 N–H and O–H groups in total. The van der Waals surface area contributed by atoms with E-state index in [1.165, 1.54) is 38.9 Å². The number of nitrogens with zero attached hydrogens (tertiary/aromatic N) is 3. The van der Waals surface area contributed by atoms with Gasteiger partial charge in [-0.15, -0.1) is 11.3 Å². The second-order valence-electron chi connectivity index (χ2n) is 7.67. The highest BCUT2D eigenvalue weighted by molar-refractivity contribution is 8.00. The lowest BCUT2D eigenvalue weighted by Crippen LogP contribution is -2.40. The third-order valence-electron chi connectivity index (χ3n) is 5.58. The minimum atomic E-state index is -0.435. The van der Waals surface area contributed by atoms with E-state index in [1.807, 2.05) is 17.9 Å². The summed E-state index contributed by atoms with van der Waals surface area (Å²) in [5.41, 5.74) is 2.04. The standard InChI is InChI=1S/C24H20FN3O2S2/c1-15(22(29)27-12-10-21-16(14-27)11-13-31-21)32-24-26-20-5-3-2-4-19(20)23(30)28(24)18-8-6-17(25)7-9-18/h2-9,11,13,15H,10,12,14H2,1H3. The summed E-state index contributed by atoms with van der Waals surface area (Å²) in [7, 11) is 0. The van der Waals surface area contributed by atoms with Crippen molar-refractivity contribution in [2.45, 2.75) is 30.3 Å². The molecule has 1 aliphatic rings. The largest absolute Gasteiger partial charge is 0.337 e. The van der Waals surface area contributed by atoms with Crippen molar-refractivity contribution in [3.63, 3.8) is 0 Å².